The van der Waals surface area contributed by atoms with Crippen molar-refractivity contribution in [3.05, 3.63) is 15.5 Å². The summed E-state index contributed by atoms with van der Waals surface area (Å²) in [4.78, 5) is 11.7. The quantitative estimate of drug-likeness (QED) is 0.502. The molecular formula is C13H19Cl3N4O2. The average molecular weight is 370 g/mol. The Bertz CT molecular complexity index is 531. The number of halogens is 3. The summed E-state index contributed by atoms with van der Waals surface area (Å²) in [5.41, 5.74) is -0.409. The first kappa shape index (κ1) is 18.0. The predicted molar refractivity (Wildman–Crippen MR) is 87.7 cm³/mol. The molecule has 22 heavy (non-hydrogen) atoms. The van der Waals surface area contributed by atoms with Gasteiger partial charge in [-0.05, 0) is 32.4 Å². The van der Waals surface area contributed by atoms with E-state index in [0.717, 1.165) is 0 Å². The number of rotatable bonds is 3. The molecule has 0 aromatic carbocycles. The molecule has 1 atom stereocenters. The van der Waals surface area contributed by atoms with Crippen molar-refractivity contribution in [3.8, 4) is 0 Å². The third-order valence-corrected chi connectivity index (χ3v) is 4.04. The van der Waals surface area contributed by atoms with E-state index in [-0.39, 0.29) is 15.5 Å². The number of hydrogen-bond acceptors (Lipinski definition) is 6. The number of ether oxygens (including phenoxy) is 1. The van der Waals surface area contributed by atoms with Crippen LogP contribution in [0.5, 0.6) is 0 Å². The Morgan fingerprint density at radius 3 is 2.23 bits per heavy atom. The Labute approximate surface area is 144 Å². The van der Waals surface area contributed by atoms with Crippen LogP contribution in [0.1, 0.15) is 20.8 Å². The highest BCUT2D eigenvalue weighted by molar-refractivity contribution is 6.43. The minimum Gasteiger partial charge on any atom is -0.356 e. The molecule has 0 radical (unpaired) electrons. The molecule has 0 spiro atoms. The number of aliphatic hydroxyl groups is 1. The van der Waals surface area contributed by atoms with Gasteiger partial charge < -0.3 is 14.7 Å². The van der Waals surface area contributed by atoms with Gasteiger partial charge in [0.1, 0.15) is 5.02 Å². The second-order valence-corrected chi connectivity index (χ2v) is 7.07. The summed E-state index contributed by atoms with van der Waals surface area (Å²) < 4.78 is 5.55. The van der Waals surface area contributed by atoms with Crippen molar-refractivity contribution in [1.82, 2.24) is 14.9 Å². The molecule has 0 amide bonds. The van der Waals surface area contributed by atoms with E-state index in [0.29, 0.717) is 32.0 Å². The zero-order valence-corrected chi connectivity index (χ0v) is 15.0. The highest BCUT2D eigenvalue weighted by atomic mass is 35.5. The van der Waals surface area contributed by atoms with Crippen molar-refractivity contribution in [3.63, 3.8) is 0 Å². The molecule has 1 aliphatic rings. The molecule has 1 aromatic heterocycles. The summed E-state index contributed by atoms with van der Waals surface area (Å²) in [6, 6.07) is 0. The number of aromatic nitrogens is 2. The molecule has 0 aliphatic carbocycles. The lowest BCUT2D eigenvalue weighted by atomic mass is 10.2. The summed E-state index contributed by atoms with van der Waals surface area (Å²) in [7, 11) is 0. The van der Waals surface area contributed by atoms with Gasteiger partial charge in [0.2, 0.25) is 11.7 Å². The molecular weight excluding hydrogens is 351 g/mol. The smallest absolute Gasteiger partial charge is 0.225 e. The third-order valence-electron chi connectivity index (χ3n) is 3.15. The minimum absolute atomic E-state index is 0.0583. The van der Waals surface area contributed by atoms with E-state index in [1.165, 1.54) is 0 Å². The van der Waals surface area contributed by atoms with Gasteiger partial charge in [0.25, 0.3) is 0 Å². The number of anilines is 1. The first-order chi connectivity index (χ1) is 10.2. The topological polar surface area (TPSA) is 61.7 Å². The number of nitrogens with zero attached hydrogens (tertiary/aromatic N) is 4. The van der Waals surface area contributed by atoms with Gasteiger partial charge in [0, 0.05) is 26.2 Å². The van der Waals surface area contributed by atoms with Crippen LogP contribution in [-0.2, 0) is 4.74 Å². The number of aliphatic hydroxyl groups excluding tert-OH is 1. The standard InChI is InChI=1S/C13H19Cl3N4O2/c1-13(2,3)22-12(21)20-6-4-19(5-7-20)10-8(14)9(15)17-11(16)18-10/h12,21H,4-7H2,1-3H3. The zero-order valence-electron chi connectivity index (χ0n) is 12.7. The summed E-state index contributed by atoms with van der Waals surface area (Å²) >= 11 is 17.9. The van der Waals surface area contributed by atoms with Gasteiger partial charge in [-0.15, -0.1) is 0 Å². The van der Waals surface area contributed by atoms with Crippen molar-refractivity contribution in [2.75, 3.05) is 31.1 Å². The van der Waals surface area contributed by atoms with E-state index < -0.39 is 12.0 Å². The maximum atomic E-state index is 10.1. The molecule has 1 aromatic rings. The van der Waals surface area contributed by atoms with E-state index in [9.17, 15) is 5.11 Å². The van der Waals surface area contributed by atoms with E-state index in [1.54, 1.807) is 0 Å². The lowest BCUT2D eigenvalue weighted by Crippen LogP contribution is -2.52. The molecule has 1 N–H and O–H groups in total. The van der Waals surface area contributed by atoms with Crippen LogP contribution in [0.25, 0.3) is 0 Å². The van der Waals surface area contributed by atoms with Crippen molar-refractivity contribution >= 4 is 40.6 Å². The van der Waals surface area contributed by atoms with Crippen LogP contribution in [0.2, 0.25) is 15.5 Å². The Morgan fingerprint density at radius 1 is 1.09 bits per heavy atom. The fourth-order valence-electron chi connectivity index (χ4n) is 2.14. The molecule has 124 valence electrons. The SMILES string of the molecule is CC(C)(C)OC(O)N1CCN(c2nc(Cl)nc(Cl)c2Cl)CC1. The first-order valence-electron chi connectivity index (χ1n) is 6.91. The fraction of sp³-hybridized carbons (Fsp3) is 0.692. The van der Waals surface area contributed by atoms with Crippen LogP contribution in [0.15, 0.2) is 0 Å². The normalized spacial score (nSPS) is 18.6. The fourth-order valence-corrected chi connectivity index (χ4v) is 2.72. The van der Waals surface area contributed by atoms with E-state index in [1.807, 2.05) is 30.6 Å². The van der Waals surface area contributed by atoms with Crippen LogP contribution in [-0.4, -0.2) is 58.2 Å². The Morgan fingerprint density at radius 2 is 1.68 bits per heavy atom. The molecule has 0 saturated carbocycles. The van der Waals surface area contributed by atoms with Gasteiger partial charge in [-0.2, -0.15) is 4.98 Å². The number of piperazine rings is 1. The summed E-state index contributed by atoms with van der Waals surface area (Å²) in [6.45, 7) is 8.15. The van der Waals surface area contributed by atoms with Gasteiger partial charge in [0.15, 0.2) is 11.0 Å². The van der Waals surface area contributed by atoms with Gasteiger partial charge in [-0.3, -0.25) is 4.90 Å². The lowest BCUT2D eigenvalue weighted by molar-refractivity contribution is -0.239. The average Bonchev–Trinajstić information content (AvgIpc) is 2.41. The summed E-state index contributed by atoms with van der Waals surface area (Å²) in [6.07, 6.45) is -0.935. The minimum atomic E-state index is -0.935. The molecule has 9 heteroatoms. The van der Waals surface area contributed by atoms with Crippen LogP contribution in [0, 0.1) is 0 Å². The second kappa shape index (κ2) is 7.03. The van der Waals surface area contributed by atoms with E-state index in [2.05, 4.69) is 9.97 Å². The summed E-state index contributed by atoms with van der Waals surface area (Å²) in [5.74, 6) is 0.512. The van der Waals surface area contributed by atoms with Crippen molar-refractivity contribution < 1.29 is 9.84 Å². The largest absolute Gasteiger partial charge is 0.356 e. The lowest BCUT2D eigenvalue weighted by Gasteiger charge is -2.39. The molecule has 1 unspecified atom stereocenters. The Kier molecular flexibility index (Phi) is 5.74. The van der Waals surface area contributed by atoms with Crippen molar-refractivity contribution in [2.45, 2.75) is 32.8 Å². The molecule has 2 rings (SSSR count). The maximum absolute atomic E-state index is 10.1. The Hall–Kier alpha value is -0.370. The van der Waals surface area contributed by atoms with E-state index >= 15 is 0 Å². The molecule has 6 nitrogen and oxygen atoms in total. The Balaban J connectivity index is 2.01. The van der Waals surface area contributed by atoms with Gasteiger partial charge in [-0.1, -0.05) is 23.2 Å². The molecule has 2 heterocycles. The third kappa shape index (κ3) is 4.57. The highest BCUT2D eigenvalue weighted by Gasteiger charge is 2.28. The predicted octanol–water partition coefficient (Wildman–Crippen LogP) is 2.65. The molecule has 1 saturated heterocycles. The first-order valence-corrected chi connectivity index (χ1v) is 8.04. The maximum Gasteiger partial charge on any atom is 0.225 e. The van der Waals surface area contributed by atoms with E-state index in [4.69, 9.17) is 39.5 Å². The molecule has 0 bridgehead atoms. The van der Waals surface area contributed by atoms with Crippen LogP contribution in [0.4, 0.5) is 5.82 Å². The zero-order chi connectivity index (χ0) is 16.5. The summed E-state index contributed by atoms with van der Waals surface area (Å²) in [5, 5.41) is 10.6. The van der Waals surface area contributed by atoms with Gasteiger partial charge in [-0.25, -0.2) is 4.98 Å². The van der Waals surface area contributed by atoms with Crippen LogP contribution >= 0.6 is 34.8 Å². The van der Waals surface area contributed by atoms with Gasteiger partial charge >= 0.3 is 0 Å². The van der Waals surface area contributed by atoms with Gasteiger partial charge in [0.05, 0.1) is 5.60 Å². The second-order valence-electron chi connectivity index (χ2n) is 6.00. The molecule has 1 aliphatic heterocycles. The van der Waals surface area contributed by atoms with Crippen molar-refractivity contribution in [2.24, 2.45) is 0 Å². The highest BCUT2D eigenvalue weighted by Crippen LogP contribution is 2.31. The number of hydrogen-bond donors (Lipinski definition) is 1. The van der Waals surface area contributed by atoms with Crippen LogP contribution in [0.3, 0.4) is 0 Å². The van der Waals surface area contributed by atoms with Crippen LogP contribution < -0.4 is 4.90 Å². The molecule has 1 fully saturated rings. The monoisotopic (exact) mass is 368 g/mol. The van der Waals surface area contributed by atoms with Crippen molar-refractivity contribution in [1.29, 1.82) is 0 Å².